The smallest absolute Gasteiger partial charge is 0.196 e. The molecule has 2 rings (SSSR count). The van der Waals surface area contributed by atoms with Crippen molar-refractivity contribution < 1.29 is 4.42 Å². The summed E-state index contributed by atoms with van der Waals surface area (Å²) in [6, 6.07) is 6.16. The molecule has 4 heteroatoms. The molecule has 17 heavy (non-hydrogen) atoms. The van der Waals surface area contributed by atoms with Crippen LogP contribution in [0.5, 0.6) is 0 Å². The zero-order valence-corrected chi connectivity index (χ0v) is 11.5. The van der Waals surface area contributed by atoms with E-state index in [0.717, 1.165) is 34.7 Å². The van der Waals surface area contributed by atoms with Gasteiger partial charge in [0.1, 0.15) is 0 Å². The van der Waals surface area contributed by atoms with Crippen LogP contribution in [0.4, 0.5) is 0 Å². The highest BCUT2D eigenvalue weighted by molar-refractivity contribution is 9.10. The van der Waals surface area contributed by atoms with Crippen LogP contribution in [0.3, 0.4) is 0 Å². The van der Waals surface area contributed by atoms with Crippen molar-refractivity contribution in [3.8, 4) is 11.3 Å². The highest BCUT2D eigenvalue weighted by Gasteiger charge is 2.07. The number of oxazole rings is 1. The summed E-state index contributed by atoms with van der Waals surface area (Å²) in [6.07, 6.45) is 2.59. The molecule has 1 N–H and O–H groups in total. The lowest BCUT2D eigenvalue weighted by atomic mass is 10.1. The van der Waals surface area contributed by atoms with E-state index in [9.17, 15) is 0 Å². The zero-order valence-electron chi connectivity index (χ0n) is 9.96. The van der Waals surface area contributed by atoms with E-state index in [1.165, 1.54) is 5.56 Å². The molecule has 0 unspecified atom stereocenters. The highest BCUT2D eigenvalue weighted by Crippen LogP contribution is 2.26. The van der Waals surface area contributed by atoms with E-state index >= 15 is 0 Å². The third kappa shape index (κ3) is 2.96. The molecule has 1 aromatic heterocycles. The normalized spacial score (nSPS) is 10.8. The highest BCUT2D eigenvalue weighted by atomic mass is 79.9. The Morgan fingerprint density at radius 2 is 2.24 bits per heavy atom. The van der Waals surface area contributed by atoms with Crippen LogP contribution in [0.2, 0.25) is 0 Å². The Kier molecular flexibility index (Phi) is 3.97. The molecular weight excluding hydrogens is 280 g/mol. The maximum Gasteiger partial charge on any atom is 0.196 e. The van der Waals surface area contributed by atoms with E-state index < -0.39 is 0 Å². The van der Waals surface area contributed by atoms with Crippen molar-refractivity contribution in [1.29, 1.82) is 0 Å². The van der Waals surface area contributed by atoms with Crippen molar-refractivity contribution in [2.45, 2.75) is 13.3 Å². The van der Waals surface area contributed by atoms with Crippen molar-refractivity contribution in [3.05, 3.63) is 40.3 Å². The summed E-state index contributed by atoms with van der Waals surface area (Å²) in [5.74, 6) is 1.59. The Hall–Kier alpha value is -1.13. The maximum absolute atomic E-state index is 5.69. The lowest BCUT2D eigenvalue weighted by Crippen LogP contribution is -2.10. The quantitative estimate of drug-likeness (QED) is 0.941. The summed E-state index contributed by atoms with van der Waals surface area (Å²) < 4.78 is 6.78. The van der Waals surface area contributed by atoms with Crippen LogP contribution in [-0.2, 0) is 6.42 Å². The van der Waals surface area contributed by atoms with Gasteiger partial charge in [-0.3, -0.25) is 0 Å². The number of hydrogen-bond donors (Lipinski definition) is 1. The minimum atomic E-state index is 0.769. The first kappa shape index (κ1) is 12.3. The van der Waals surface area contributed by atoms with E-state index in [-0.39, 0.29) is 0 Å². The molecule has 0 aliphatic rings. The van der Waals surface area contributed by atoms with Gasteiger partial charge in [0, 0.05) is 23.0 Å². The Bertz CT molecular complexity index is 508. The molecule has 90 valence electrons. The molecule has 3 nitrogen and oxygen atoms in total. The maximum atomic E-state index is 5.69. The number of nitrogens with zero attached hydrogens (tertiary/aromatic N) is 1. The SMILES string of the molecule is CNCCc1ncc(-c2ccc(C)c(Br)c2)o1. The van der Waals surface area contributed by atoms with Gasteiger partial charge in [-0.15, -0.1) is 0 Å². The standard InChI is InChI=1S/C13H15BrN2O/c1-9-3-4-10(7-11(9)14)12-8-16-13(17-12)5-6-15-2/h3-4,7-8,15H,5-6H2,1-2H3. The van der Waals surface area contributed by atoms with Crippen LogP contribution in [-0.4, -0.2) is 18.6 Å². The average molecular weight is 295 g/mol. The van der Waals surface area contributed by atoms with Crippen LogP contribution in [0.15, 0.2) is 33.3 Å². The van der Waals surface area contributed by atoms with Gasteiger partial charge in [0.25, 0.3) is 0 Å². The van der Waals surface area contributed by atoms with E-state index in [1.807, 2.05) is 13.1 Å². The van der Waals surface area contributed by atoms with Gasteiger partial charge in [0.2, 0.25) is 0 Å². The van der Waals surface area contributed by atoms with Crippen LogP contribution >= 0.6 is 15.9 Å². The second kappa shape index (κ2) is 5.47. The first-order valence-corrected chi connectivity index (χ1v) is 6.36. The Labute approximate surface area is 109 Å². The van der Waals surface area contributed by atoms with E-state index in [2.05, 4.69) is 45.3 Å². The fraction of sp³-hybridized carbons (Fsp3) is 0.308. The molecule has 2 aromatic rings. The Balaban J connectivity index is 2.21. The van der Waals surface area contributed by atoms with Gasteiger partial charge in [-0.05, 0) is 25.6 Å². The lowest BCUT2D eigenvalue weighted by molar-refractivity contribution is 0.500. The predicted octanol–water partition coefficient (Wildman–Crippen LogP) is 3.17. The number of likely N-dealkylation sites (N-methyl/N-ethyl adjacent to an activating group) is 1. The van der Waals surface area contributed by atoms with Crippen molar-refractivity contribution >= 4 is 15.9 Å². The van der Waals surface area contributed by atoms with Crippen molar-refractivity contribution in [2.75, 3.05) is 13.6 Å². The first-order valence-electron chi connectivity index (χ1n) is 5.56. The largest absolute Gasteiger partial charge is 0.441 e. The molecule has 0 bridgehead atoms. The number of aromatic nitrogens is 1. The molecule has 1 heterocycles. The monoisotopic (exact) mass is 294 g/mol. The number of rotatable bonds is 4. The molecular formula is C13H15BrN2O. The van der Waals surface area contributed by atoms with Gasteiger partial charge in [0.15, 0.2) is 11.7 Å². The minimum absolute atomic E-state index is 0.769. The molecule has 0 saturated carbocycles. The summed E-state index contributed by atoms with van der Waals surface area (Å²) in [5.41, 5.74) is 2.26. The molecule has 0 aliphatic carbocycles. The van der Waals surface area contributed by atoms with Crippen LogP contribution in [0.1, 0.15) is 11.5 Å². The Morgan fingerprint density at radius 3 is 2.94 bits per heavy atom. The van der Waals surface area contributed by atoms with Crippen LogP contribution < -0.4 is 5.32 Å². The van der Waals surface area contributed by atoms with Crippen molar-refractivity contribution in [1.82, 2.24) is 10.3 Å². The summed E-state index contributed by atoms with van der Waals surface area (Å²) in [5, 5.41) is 3.07. The average Bonchev–Trinajstić information content (AvgIpc) is 2.79. The molecule has 0 fully saturated rings. The van der Waals surface area contributed by atoms with Crippen LogP contribution in [0.25, 0.3) is 11.3 Å². The lowest BCUT2D eigenvalue weighted by Gasteiger charge is -2.00. The number of aryl methyl sites for hydroxylation is 1. The summed E-state index contributed by atoms with van der Waals surface area (Å²) >= 11 is 3.52. The number of halogens is 1. The van der Waals surface area contributed by atoms with Gasteiger partial charge in [-0.1, -0.05) is 28.1 Å². The fourth-order valence-electron chi connectivity index (χ4n) is 1.54. The number of benzene rings is 1. The van der Waals surface area contributed by atoms with Gasteiger partial charge < -0.3 is 9.73 Å². The second-order valence-corrected chi connectivity index (χ2v) is 4.79. The number of nitrogens with one attached hydrogen (secondary N) is 1. The molecule has 0 aliphatic heterocycles. The molecule has 0 atom stereocenters. The molecule has 0 saturated heterocycles. The Morgan fingerprint density at radius 1 is 1.41 bits per heavy atom. The van der Waals surface area contributed by atoms with Gasteiger partial charge >= 0.3 is 0 Å². The van der Waals surface area contributed by atoms with Crippen molar-refractivity contribution in [3.63, 3.8) is 0 Å². The number of hydrogen-bond acceptors (Lipinski definition) is 3. The second-order valence-electron chi connectivity index (χ2n) is 3.94. The van der Waals surface area contributed by atoms with Gasteiger partial charge in [-0.2, -0.15) is 0 Å². The first-order chi connectivity index (χ1) is 8.20. The van der Waals surface area contributed by atoms with Gasteiger partial charge in [0.05, 0.1) is 6.20 Å². The van der Waals surface area contributed by atoms with E-state index in [4.69, 9.17) is 4.42 Å². The van der Waals surface area contributed by atoms with E-state index in [1.54, 1.807) is 6.20 Å². The molecule has 0 spiro atoms. The predicted molar refractivity (Wildman–Crippen MR) is 72.0 cm³/mol. The minimum Gasteiger partial charge on any atom is -0.441 e. The van der Waals surface area contributed by atoms with Gasteiger partial charge in [-0.25, -0.2) is 4.98 Å². The third-order valence-corrected chi connectivity index (χ3v) is 3.45. The van der Waals surface area contributed by atoms with E-state index in [0.29, 0.717) is 0 Å². The zero-order chi connectivity index (χ0) is 12.3. The third-order valence-electron chi connectivity index (χ3n) is 2.60. The summed E-state index contributed by atoms with van der Waals surface area (Å²) in [4.78, 5) is 4.26. The molecule has 1 aromatic carbocycles. The fourth-order valence-corrected chi connectivity index (χ4v) is 1.92. The van der Waals surface area contributed by atoms with Crippen LogP contribution in [0, 0.1) is 6.92 Å². The van der Waals surface area contributed by atoms with Crippen molar-refractivity contribution in [2.24, 2.45) is 0 Å². The molecule has 0 amide bonds. The topological polar surface area (TPSA) is 38.1 Å². The molecule has 0 radical (unpaired) electrons. The summed E-state index contributed by atoms with van der Waals surface area (Å²) in [7, 11) is 1.92. The summed E-state index contributed by atoms with van der Waals surface area (Å²) in [6.45, 7) is 2.93.